The van der Waals surface area contributed by atoms with Gasteiger partial charge in [0.05, 0.1) is 13.5 Å². The van der Waals surface area contributed by atoms with Gasteiger partial charge in [0, 0.05) is 18.9 Å². The van der Waals surface area contributed by atoms with Crippen LogP contribution in [0.25, 0.3) is 0 Å². The first kappa shape index (κ1) is 16.4. The summed E-state index contributed by atoms with van der Waals surface area (Å²) in [6.45, 7) is 2.07. The lowest BCUT2D eigenvalue weighted by Crippen LogP contribution is -2.46. The minimum atomic E-state index is -1.34. The summed E-state index contributed by atoms with van der Waals surface area (Å²) >= 11 is 0. The molecule has 0 fully saturated rings. The second kappa shape index (κ2) is 7.83. The molecule has 114 valence electrons. The summed E-state index contributed by atoms with van der Waals surface area (Å²) in [6.07, 6.45) is 2.81. The van der Waals surface area contributed by atoms with Crippen molar-refractivity contribution < 1.29 is 24.2 Å². The van der Waals surface area contributed by atoms with Gasteiger partial charge in [0.1, 0.15) is 6.04 Å². The number of aryl methyl sites for hydroxylation is 1. The Morgan fingerprint density at radius 3 is 2.71 bits per heavy atom. The van der Waals surface area contributed by atoms with E-state index in [0.29, 0.717) is 0 Å². The van der Waals surface area contributed by atoms with Crippen LogP contribution in [0, 0.1) is 6.92 Å². The van der Waals surface area contributed by atoms with Gasteiger partial charge in [-0.1, -0.05) is 0 Å². The predicted molar refractivity (Wildman–Crippen MR) is 72.4 cm³/mol. The van der Waals surface area contributed by atoms with Gasteiger partial charge in [-0.05, 0) is 24.1 Å². The lowest BCUT2D eigenvalue weighted by atomic mass is 10.1. The first-order valence-electron chi connectivity index (χ1n) is 6.17. The number of aliphatic carboxylic acids is 1. The molecule has 0 saturated heterocycles. The summed E-state index contributed by atoms with van der Waals surface area (Å²) in [5.74, 6) is -2.03. The Morgan fingerprint density at radius 2 is 2.14 bits per heavy atom. The Hall–Kier alpha value is -2.64. The largest absolute Gasteiger partial charge is 0.480 e. The summed E-state index contributed by atoms with van der Waals surface area (Å²) in [5.41, 5.74) is 1.77. The Labute approximate surface area is 121 Å². The summed E-state index contributed by atoms with van der Waals surface area (Å²) in [7, 11) is 1.15. The van der Waals surface area contributed by atoms with Crippen LogP contribution in [0.3, 0.4) is 0 Å². The standard InChI is InChI=1S/C13H17N3O5/c1-8-3-4-14-6-9(8)7-15-13(20)16-10(12(18)19)5-11(17)21-2/h3-4,6,10H,5,7H2,1-2H3,(H,18,19)(H2,15,16,20)/t10-/m0/s1. The predicted octanol–water partition coefficient (Wildman–Crippen LogP) is 0.206. The second-order valence-corrected chi connectivity index (χ2v) is 4.30. The Bertz CT molecular complexity index is 532. The van der Waals surface area contributed by atoms with E-state index in [-0.39, 0.29) is 6.54 Å². The average Bonchev–Trinajstić information content (AvgIpc) is 2.45. The van der Waals surface area contributed by atoms with E-state index in [4.69, 9.17) is 5.11 Å². The highest BCUT2D eigenvalue weighted by atomic mass is 16.5. The van der Waals surface area contributed by atoms with Crippen LogP contribution >= 0.6 is 0 Å². The number of hydrogen-bond acceptors (Lipinski definition) is 5. The highest BCUT2D eigenvalue weighted by Gasteiger charge is 2.23. The second-order valence-electron chi connectivity index (χ2n) is 4.30. The zero-order valence-corrected chi connectivity index (χ0v) is 11.8. The van der Waals surface area contributed by atoms with Crippen LogP contribution in [0.5, 0.6) is 0 Å². The number of ether oxygens (including phenoxy) is 1. The molecule has 2 amide bonds. The third-order valence-electron chi connectivity index (χ3n) is 2.79. The molecule has 0 saturated carbocycles. The fourth-order valence-corrected chi connectivity index (χ4v) is 1.52. The third kappa shape index (κ3) is 5.47. The molecule has 3 N–H and O–H groups in total. The number of pyridine rings is 1. The van der Waals surface area contributed by atoms with Crippen LogP contribution in [0.1, 0.15) is 17.5 Å². The van der Waals surface area contributed by atoms with Crippen molar-refractivity contribution in [1.82, 2.24) is 15.6 Å². The fraction of sp³-hybridized carbons (Fsp3) is 0.385. The lowest BCUT2D eigenvalue weighted by Gasteiger charge is -2.14. The molecule has 0 radical (unpaired) electrons. The number of nitrogens with zero attached hydrogens (tertiary/aromatic N) is 1. The van der Waals surface area contributed by atoms with Gasteiger partial charge in [-0.3, -0.25) is 9.78 Å². The van der Waals surface area contributed by atoms with Gasteiger partial charge < -0.3 is 20.5 Å². The van der Waals surface area contributed by atoms with Crippen molar-refractivity contribution in [2.75, 3.05) is 7.11 Å². The van der Waals surface area contributed by atoms with Gasteiger partial charge >= 0.3 is 18.0 Å². The number of nitrogens with one attached hydrogen (secondary N) is 2. The number of hydrogen-bond donors (Lipinski definition) is 3. The number of amides is 2. The van der Waals surface area contributed by atoms with E-state index < -0.39 is 30.4 Å². The molecule has 1 rings (SSSR count). The van der Waals surface area contributed by atoms with Gasteiger partial charge in [-0.25, -0.2) is 9.59 Å². The van der Waals surface area contributed by atoms with Crippen LogP contribution in [-0.4, -0.2) is 41.2 Å². The fourth-order valence-electron chi connectivity index (χ4n) is 1.52. The Balaban J connectivity index is 2.53. The molecule has 0 spiro atoms. The number of esters is 1. The zero-order chi connectivity index (χ0) is 15.8. The highest BCUT2D eigenvalue weighted by Crippen LogP contribution is 2.04. The van der Waals surface area contributed by atoms with Crippen molar-refractivity contribution in [2.24, 2.45) is 0 Å². The minimum absolute atomic E-state index is 0.204. The molecule has 8 heteroatoms. The van der Waals surface area contributed by atoms with E-state index in [2.05, 4.69) is 20.4 Å². The van der Waals surface area contributed by atoms with Crippen LogP contribution in [0.15, 0.2) is 18.5 Å². The van der Waals surface area contributed by atoms with Gasteiger partial charge in [-0.15, -0.1) is 0 Å². The van der Waals surface area contributed by atoms with Crippen molar-refractivity contribution in [3.63, 3.8) is 0 Å². The molecule has 0 unspecified atom stereocenters. The maximum atomic E-state index is 11.7. The summed E-state index contributed by atoms with van der Waals surface area (Å²) < 4.78 is 4.38. The minimum Gasteiger partial charge on any atom is -0.480 e. The van der Waals surface area contributed by atoms with E-state index in [9.17, 15) is 14.4 Å². The van der Waals surface area contributed by atoms with Gasteiger partial charge in [0.25, 0.3) is 0 Å². The third-order valence-corrected chi connectivity index (χ3v) is 2.79. The molecule has 0 aliphatic carbocycles. The van der Waals surface area contributed by atoms with Crippen molar-refractivity contribution >= 4 is 18.0 Å². The van der Waals surface area contributed by atoms with E-state index in [1.807, 2.05) is 6.92 Å². The molecular weight excluding hydrogens is 278 g/mol. The molecule has 0 bridgehead atoms. The molecule has 1 heterocycles. The van der Waals surface area contributed by atoms with Gasteiger partial charge in [0.2, 0.25) is 0 Å². The molecular formula is C13H17N3O5. The number of rotatable bonds is 6. The quantitative estimate of drug-likeness (QED) is 0.645. The van der Waals surface area contributed by atoms with Gasteiger partial charge in [0.15, 0.2) is 0 Å². The van der Waals surface area contributed by atoms with E-state index in [1.54, 1.807) is 18.5 Å². The van der Waals surface area contributed by atoms with Crippen molar-refractivity contribution in [3.8, 4) is 0 Å². The molecule has 8 nitrogen and oxygen atoms in total. The molecule has 1 atom stereocenters. The zero-order valence-electron chi connectivity index (χ0n) is 11.8. The first-order valence-corrected chi connectivity index (χ1v) is 6.17. The molecule has 0 aliphatic rings. The molecule has 0 aromatic carbocycles. The number of carboxylic acid groups (broad SMARTS) is 1. The summed E-state index contributed by atoms with van der Waals surface area (Å²) in [4.78, 5) is 37.6. The monoisotopic (exact) mass is 295 g/mol. The normalized spacial score (nSPS) is 11.3. The summed E-state index contributed by atoms with van der Waals surface area (Å²) in [5, 5.41) is 13.6. The topological polar surface area (TPSA) is 118 Å². The lowest BCUT2D eigenvalue weighted by molar-refractivity contribution is -0.147. The maximum absolute atomic E-state index is 11.7. The number of carboxylic acids is 1. The number of aromatic nitrogens is 1. The molecule has 1 aromatic rings. The molecule has 21 heavy (non-hydrogen) atoms. The van der Waals surface area contributed by atoms with E-state index in [1.165, 1.54) is 0 Å². The van der Waals surface area contributed by atoms with Crippen molar-refractivity contribution in [2.45, 2.75) is 25.9 Å². The summed E-state index contributed by atoms with van der Waals surface area (Å²) in [6, 6.07) is -0.228. The number of methoxy groups -OCH3 is 1. The van der Waals surface area contributed by atoms with E-state index in [0.717, 1.165) is 18.2 Å². The highest BCUT2D eigenvalue weighted by molar-refractivity contribution is 5.86. The van der Waals surface area contributed by atoms with Crippen LogP contribution in [0.2, 0.25) is 0 Å². The number of carbonyl (C=O) groups is 3. The van der Waals surface area contributed by atoms with Crippen LogP contribution in [0.4, 0.5) is 4.79 Å². The maximum Gasteiger partial charge on any atom is 0.326 e. The smallest absolute Gasteiger partial charge is 0.326 e. The number of urea groups is 1. The molecule has 0 aliphatic heterocycles. The number of carbonyl (C=O) groups excluding carboxylic acids is 2. The van der Waals surface area contributed by atoms with Crippen molar-refractivity contribution in [3.05, 3.63) is 29.6 Å². The SMILES string of the molecule is COC(=O)C[C@H](NC(=O)NCc1cnccc1C)C(=O)O. The Kier molecular flexibility index (Phi) is 6.12. The van der Waals surface area contributed by atoms with Gasteiger partial charge in [-0.2, -0.15) is 0 Å². The molecule has 1 aromatic heterocycles. The Morgan fingerprint density at radius 1 is 1.43 bits per heavy atom. The van der Waals surface area contributed by atoms with E-state index >= 15 is 0 Å². The van der Waals surface area contributed by atoms with Crippen LogP contribution in [-0.2, 0) is 20.9 Å². The average molecular weight is 295 g/mol. The van der Waals surface area contributed by atoms with Crippen LogP contribution < -0.4 is 10.6 Å². The first-order chi connectivity index (χ1) is 9.93. The van der Waals surface area contributed by atoms with Crippen molar-refractivity contribution in [1.29, 1.82) is 0 Å².